The van der Waals surface area contributed by atoms with E-state index in [1.807, 2.05) is 13.0 Å². The van der Waals surface area contributed by atoms with E-state index in [0.717, 1.165) is 20.4 Å². The molecule has 0 spiro atoms. The van der Waals surface area contributed by atoms with Crippen molar-refractivity contribution in [2.45, 2.75) is 13.8 Å². The van der Waals surface area contributed by atoms with Gasteiger partial charge in [-0.3, -0.25) is 4.79 Å². The third-order valence-electron chi connectivity index (χ3n) is 2.83. The SMILES string of the molecule is Cc1nc2cc(NC(=O)c3cc(C)c(Br)s3)ccc2o1. The molecule has 6 heteroatoms. The molecule has 0 radical (unpaired) electrons. The summed E-state index contributed by atoms with van der Waals surface area (Å²) in [5.74, 6) is 0.490. The summed E-state index contributed by atoms with van der Waals surface area (Å²) in [6.07, 6.45) is 0. The number of carbonyl (C=O) groups excluding carboxylic acids is 1. The minimum absolute atomic E-state index is 0.122. The van der Waals surface area contributed by atoms with Crippen molar-refractivity contribution in [3.05, 3.63) is 44.4 Å². The first kappa shape index (κ1) is 13.3. The second-order valence-electron chi connectivity index (χ2n) is 4.44. The number of thiophene rings is 1. The molecule has 3 aromatic rings. The average molecular weight is 351 g/mol. The Labute approximate surface area is 127 Å². The van der Waals surface area contributed by atoms with Crippen LogP contribution in [-0.2, 0) is 0 Å². The number of rotatable bonds is 2. The smallest absolute Gasteiger partial charge is 0.265 e. The van der Waals surface area contributed by atoms with Crippen LogP contribution in [-0.4, -0.2) is 10.9 Å². The van der Waals surface area contributed by atoms with E-state index >= 15 is 0 Å². The molecule has 102 valence electrons. The fourth-order valence-electron chi connectivity index (χ4n) is 1.88. The van der Waals surface area contributed by atoms with E-state index in [-0.39, 0.29) is 5.91 Å². The van der Waals surface area contributed by atoms with E-state index in [0.29, 0.717) is 16.5 Å². The summed E-state index contributed by atoms with van der Waals surface area (Å²) in [5, 5.41) is 2.87. The number of carbonyl (C=O) groups is 1. The van der Waals surface area contributed by atoms with Gasteiger partial charge in [0.05, 0.1) is 8.66 Å². The van der Waals surface area contributed by atoms with Gasteiger partial charge in [0, 0.05) is 12.6 Å². The molecule has 0 aliphatic rings. The Balaban J connectivity index is 1.86. The minimum atomic E-state index is -0.122. The molecule has 0 aliphatic heterocycles. The molecular formula is C14H11BrN2O2S. The number of amides is 1. The number of oxazole rings is 1. The van der Waals surface area contributed by atoms with Gasteiger partial charge in [-0.25, -0.2) is 4.98 Å². The number of aryl methyl sites for hydroxylation is 2. The van der Waals surface area contributed by atoms with Crippen molar-refractivity contribution in [2.75, 3.05) is 5.32 Å². The molecule has 0 fully saturated rings. The molecule has 20 heavy (non-hydrogen) atoms. The standard InChI is InChI=1S/C14H11BrN2O2S/c1-7-5-12(20-13(7)15)14(18)17-9-3-4-11-10(6-9)16-8(2)19-11/h3-6H,1-2H3,(H,17,18). The zero-order chi connectivity index (χ0) is 14.3. The molecule has 0 bridgehead atoms. The highest BCUT2D eigenvalue weighted by molar-refractivity contribution is 9.11. The highest BCUT2D eigenvalue weighted by Crippen LogP contribution is 2.28. The van der Waals surface area contributed by atoms with Gasteiger partial charge >= 0.3 is 0 Å². The summed E-state index contributed by atoms with van der Waals surface area (Å²) in [6.45, 7) is 3.76. The highest BCUT2D eigenvalue weighted by atomic mass is 79.9. The van der Waals surface area contributed by atoms with E-state index in [1.54, 1.807) is 25.1 Å². The molecule has 4 nitrogen and oxygen atoms in total. The van der Waals surface area contributed by atoms with Crippen LogP contribution in [0.1, 0.15) is 21.1 Å². The number of anilines is 1. The Hall–Kier alpha value is -1.66. The Morgan fingerprint density at radius 3 is 2.85 bits per heavy atom. The number of benzene rings is 1. The molecule has 1 amide bonds. The molecule has 0 unspecified atom stereocenters. The predicted octanol–water partition coefficient (Wildman–Crippen LogP) is 4.52. The average Bonchev–Trinajstić information content (AvgIpc) is 2.91. The largest absolute Gasteiger partial charge is 0.441 e. The third-order valence-corrected chi connectivity index (χ3v) is 4.97. The van der Waals surface area contributed by atoms with Crippen LogP contribution in [0, 0.1) is 13.8 Å². The van der Waals surface area contributed by atoms with E-state index in [9.17, 15) is 4.79 Å². The first-order valence-corrected chi connectivity index (χ1v) is 7.58. The summed E-state index contributed by atoms with van der Waals surface area (Å²) >= 11 is 4.84. The number of fused-ring (bicyclic) bond motifs is 1. The second kappa shape index (κ2) is 5.03. The minimum Gasteiger partial charge on any atom is -0.441 e. The summed E-state index contributed by atoms with van der Waals surface area (Å²) in [4.78, 5) is 17.1. The number of aromatic nitrogens is 1. The number of nitrogens with zero attached hydrogens (tertiary/aromatic N) is 1. The van der Waals surface area contributed by atoms with E-state index in [2.05, 4.69) is 26.2 Å². The lowest BCUT2D eigenvalue weighted by molar-refractivity contribution is 0.103. The number of halogens is 1. The van der Waals surface area contributed by atoms with Crippen LogP contribution in [0.15, 0.2) is 32.5 Å². The van der Waals surface area contributed by atoms with Crippen LogP contribution < -0.4 is 5.32 Å². The quantitative estimate of drug-likeness (QED) is 0.739. The van der Waals surface area contributed by atoms with Gasteiger partial charge in [0.15, 0.2) is 11.5 Å². The molecule has 1 aromatic carbocycles. The van der Waals surface area contributed by atoms with Gasteiger partial charge in [0.2, 0.25) is 0 Å². The molecule has 1 N–H and O–H groups in total. The fraction of sp³-hybridized carbons (Fsp3) is 0.143. The number of nitrogens with one attached hydrogen (secondary N) is 1. The molecule has 0 atom stereocenters. The first-order chi connectivity index (χ1) is 9.52. The van der Waals surface area contributed by atoms with Gasteiger partial charge in [-0.2, -0.15) is 0 Å². The van der Waals surface area contributed by atoms with Crippen molar-refractivity contribution in [3.8, 4) is 0 Å². The molecular weight excluding hydrogens is 340 g/mol. The van der Waals surface area contributed by atoms with Crippen LogP contribution in [0.4, 0.5) is 5.69 Å². The van der Waals surface area contributed by atoms with Crippen LogP contribution in [0.25, 0.3) is 11.1 Å². The van der Waals surface area contributed by atoms with Crippen LogP contribution in [0.5, 0.6) is 0 Å². The Morgan fingerprint density at radius 2 is 2.15 bits per heavy atom. The third kappa shape index (κ3) is 2.48. The maximum absolute atomic E-state index is 12.2. The van der Waals surface area contributed by atoms with Gasteiger partial charge in [-0.05, 0) is 52.7 Å². The molecule has 0 saturated heterocycles. The number of hydrogen-bond donors (Lipinski definition) is 1. The van der Waals surface area contributed by atoms with Crippen molar-refractivity contribution in [2.24, 2.45) is 0 Å². The summed E-state index contributed by atoms with van der Waals surface area (Å²) in [7, 11) is 0. The molecule has 2 aromatic heterocycles. The van der Waals surface area contributed by atoms with Crippen LogP contribution in [0.2, 0.25) is 0 Å². The molecule has 3 rings (SSSR count). The molecule has 0 aliphatic carbocycles. The van der Waals surface area contributed by atoms with Crippen LogP contribution in [0.3, 0.4) is 0 Å². The number of hydrogen-bond acceptors (Lipinski definition) is 4. The van der Waals surface area contributed by atoms with Crippen molar-refractivity contribution in [3.63, 3.8) is 0 Å². The zero-order valence-electron chi connectivity index (χ0n) is 10.9. The van der Waals surface area contributed by atoms with Crippen LogP contribution >= 0.6 is 27.3 Å². The molecule has 2 heterocycles. The lowest BCUT2D eigenvalue weighted by Crippen LogP contribution is -2.09. The maximum atomic E-state index is 12.2. The van der Waals surface area contributed by atoms with E-state index in [4.69, 9.17) is 4.42 Å². The van der Waals surface area contributed by atoms with E-state index < -0.39 is 0 Å². The highest BCUT2D eigenvalue weighted by Gasteiger charge is 2.12. The lowest BCUT2D eigenvalue weighted by Gasteiger charge is -2.02. The Bertz CT molecular complexity index is 787. The van der Waals surface area contributed by atoms with Crippen molar-refractivity contribution >= 4 is 50.0 Å². The van der Waals surface area contributed by atoms with Crippen molar-refractivity contribution < 1.29 is 9.21 Å². The van der Waals surface area contributed by atoms with Crippen molar-refractivity contribution in [1.29, 1.82) is 0 Å². The second-order valence-corrected chi connectivity index (χ2v) is 6.81. The van der Waals surface area contributed by atoms with Gasteiger partial charge in [-0.1, -0.05) is 0 Å². The first-order valence-electron chi connectivity index (χ1n) is 5.97. The predicted molar refractivity (Wildman–Crippen MR) is 83.5 cm³/mol. The van der Waals surface area contributed by atoms with Crippen molar-refractivity contribution in [1.82, 2.24) is 4.98 Å². The summed E-state index contributed by atoms with van der Waals surface area (Å²) < 4.78 is 6.38. The maximum Gasteiger partial charge on any atom is 0.265 e. The molecule has 0 saturated carbocycles. The summed E-state index contributed by atoms with van der Waals surface area (Å²) in [5.41, 5.74) is 3.22. The van der Waals surface area contributed by atoms with Gasteiger partial charge in [-0.15, -0.1) is 11.3 Å². The topological polar surface area (TPSA) is 55.1 Å². The fourth-order valence-corrected chi connectivity index (χ4v) is 3.31. The normalized spacial score (nSPS) is 10.9. The summed E-state index contributed by atoms with van der Waals surface area (Å²) in [6, 6.07) is 7.28. The Morgan fingerprint density at radius 1 is 1.35 bits per heavy atom. The van der Waals surface area contributed by atoms with Gasteiger partial charge in [0.25, 0.3) is 5.91 Å². The zero-order valence-corrected chi connectivity index (χ0v) is 13.3. The lowest BCUT2D eigenvalue weighted by atomic mass is 10.2. The monoisotopic (exact) mass is 350 g/mol. The van der Waals surface area contributed by atoms with Gasteiger partial charge in [0.1, 0.15) is 5.52 Å². The van der Waals surface area contributed by atoms with E-state index in [1.165, 1.54) is 11.3 Å². The van der Waals surface area contributed by atoms with Gasteiger partial charge < -0.3 is 9.73 Å². The Kier molecular flexibility index (Phi) is 3.35.